The Morgan fingerprint density at radius 2 is 2.16 bits per heavy atom. The molecule has 0 aliphatic carbocycles. The number of nitro groups is 1. The smallest absolute Gasteiger partial charge is 0.270 e. The lowest BCUT2D eigenvalue weighted by Crippen LogP contribution is -2.28. The highest BCUT2D eigenvalue weighted by Gasteiger charge is 2.16. The molecule has 1 rings (SSSR count). The van der Waals surface area contributed by atoms with Gasteiger partial charge in [-0.25, -0.2) is 0 Å². The summed E-state index contributed by atoms with van der Waals surface area (Å²) in [5.41, 5.74) is 0.767. The van der Waals surface area contributed by atoms with Crippen molar-refractivity contribution >= 4 is 11.4 Å². The first-order valence-electron chi connectivity index (χ1n) is 5.86. The van der Waals surface area contributed by atoms with Crippen LogP contribution in [0.2, 0.25) is 0 Å². The lowest BCUT2D eigenvalue weighted by Gasteiger charge is -2.24. The Hall–Kier alpha value is -2.60. The van der Waals surface area contributed by atoms with E-state index in [9.17, 15) is 10.1 Å². The SMILES string of the molecule is CCN(C[C@H](C)C#N)c1ccc([N+](=O)[O-])cc1C#N. The Labute approximate surface area is 111 Å². The van der Waals surface area contributed by atoms with E-state index in [2.05, 4.69) is 6.07 Å². The fourth-order valence-corrected chi connectivity index (χ4v) is 1.77. The predicted octanol–water partition coefficient (Wildman–Crippen LogP) is 2.45. The summed E-state index contributed by atoms with van der Waals surface area (Å²) in [4.78, 5) is 12.0. The molecule has 0 saturated heterocycles. The molecular weight excluding hydrogens is 244 g/mol. The maximum Gasteiger partial charge on any atom is 0.270 e. The summed E-state index contributed by atoms with van der Waals surface area (Å²) in [6.07, 6.45) is 0. The Bertz CT molecular complexity index is 557. The highest BCUT2D eigenvalue weighted by Crippen LogP contribution is 2.25. The van der Waals surface area contributed by atoms with Gasteiger partial charge in [0.15, 0.2) is 0 Å². The summed E-state index contributed by atoms with van der Waals surface area (Å²) in [6, 6.07) is 8.29. The zero-order valence-corrected chi connectivity index (χ0v) is 10.8. The van der Waals surface area contributed by atoms with Gasteiger partial charge in [0, 0.05) is 25.2 Å². The highest BCUT2D eigenvalue weighted by atomic mass is 16.6. The number of anilines is 1. The molecule has 6 heteroatoms. The summed E-state index contributed by atoms with van der Waals surface area (Å²) in [5.74, 6) is -0.179. The molecule has 98 valence electrons. The van der Waals surface area contributed by atoms with Crippen molar-refractivity contribution in [2.24, 2.45) is 5.92 Å². The van der Waals surface area contributed by atoms with E-state index < -0.39 is 4.92 Å². The Morgan fingerprint density at radius 1 is 1.47 bits per heavy atom. The molecule has 0 aromatic heterocycles. The van der Waals surface area contributed by atoms with E-state index in [0.717, 1.165) is 0 Å². The van der Waals surface area contributed by atoms with E-state index >= 15 is 0 Å². The lowest BCUT2D eigenvalue weighted by molar-refractivity contribution is -0.384. The van der Waals surface area contributed by atoms with Gasteiger partial charge >= 0.3 is 0 Å². The fraction of sp³-hybridized carbons (Fsp3) is 0.385. The topological polar surface area (TPSA) is 94.0 Å². The van der Waals surface area contributed by atoms with Gasteiger partial charge in [0.2, 0.25) is 0 Å². The van der Waals surface area contributed by atoms with Gasteiger partial charge in [-0.1, -0.05) is 0 Å². The molecule has 19 heavy (non-hydrogen) atoms. The van der Waals surface area contributed by atoms with Gasteiger partial charge in [-0.15, -0.1) is 0 Å². The largest absolute Gasteiger partial charge is 0.369 e. The van der Waals surface area contributed by atoms with E-state index in [-0.39, 0.29) is 17.2 Å². The monoisotopic (exact) mass is 258 g/mol. The van der Waals surface area contributed by atoms with E-state index in [1.807, 2.05) is 17.9 Å². The van der Waals surface area contributed by atoms with Gasteiger partial charge < -0.3 is 4.90 Å². The maximum absolute atomic E-state index is 10.7. The van der Waals surface area contributed by atoms with Crippen LogP contribution in [0.15, 0.2) is 18.2 Å². The average molecular weight is 258 g/mol. The van der Waals surface area contributed by atoms with Crippen LogP contribution in [0.25, 0.3) is 0 Å². The molecular formula is C13H14N4O2. The fourth-order valence-electron chi connectivity index (χ4n) is 1.77. The van der Waals surface area contributed by atoms with Crippen LogP contribution in [-0.4, -0.2) is 18.0 Å². The second-order valence-corrected chi connectivity index (χ2v) is 4.14. The first kappa shape index (κ1) is 14.5. The van der Waals surface area contributed by atoms with Crippen molar-refractivity contribution in [2.45, 2.75) is 13.8 Å². The number of nitriles is 2. The van der Waals surface area contributed by atoms with Crippen LogP contribution in [-0.2, 0) is 0 Å². The molecule has 0 spiro atoms. The molecule has 0 saturated carbocycles. The van der Waals surface area contributed by atoms with Crippen LogP contribution in [0.5, 0.6) is 0 Å². The quantitative estimate of drug-likeness (QED) is 0.597. The molecule has 0 aliphatic heterocycles. The predicted molar refractivity (Wildman–Crippen MR) is 70.5 cm³/mol. The summed E-state index contributed by atoms with van der Waals surface area (Å²) in [5, 5.41) is 28.6. The molecule has 6 nitrogen and oxygen atoms in total. The number of nitro benzene ring substituents is 1. The minimum Gasteiger partial charge on any atom is -0.369 e. The molecule has 0 bridgehead atoms. The molecule has 0 fully saturated rings. The number of hydrogen-bond acceptors (Lipinski definition) is 5. The summed E-state index contributed by atoms with van der Waals surface area (Å²) >= 11 is 0. The number of nitrogens with zero attached hydrogens (tertiary/aromatic N) is 4. The molecule has 0 N–H and O–H groups in total. The molecule has 1 aromatic rings. The third-order valence-corrected chi connectivity index (χ3v) is 2.75. The van der Waals surface area contributed by atoms with Gasteiger partial charge in [0.25, 0.3) is 5.69 Å². The standard InChI is InChI=1S/C13H14N4O2/c1-3-16(9-10(2)7-14)13-5-4-12(17(18)19)6-11(13)8-15/h4-6,10H,3,9H2,1-2H3/t10-/m1/s1. The third kappa shape index (κ3) is 3.43. The van der Waals surface area contributed by atoms with Crippen LogP contribution >= 0.6 is 0 Å². The Morgan fingerprint density at radius 3 is 2.63 bits per heavy atom. The van der Waals surface area contributed by atoms with Crippen molar-refractivity contribution in [3.05, 3.63) is 33.9 Å². The molecule has 0 aliphatic rings. The van der Waals surface area contributed by atoms with E-state index in [4.69, 9.17) is 10.5 Å². The van der Waals surface area contributed by atoms with E-state index in [0.29, 0.717) is 18.8 Å². The summed E-state index contributed by atoms with van der Waals surface area (Å²) in [6.45, 7) is 4.81. The normalized spacial score (nSPS) is 11.2. The molecule has 0 radical (unpaired) electrons. The maximum atomic E-state index is 10.7. The number of rotatable bonds is 5. The van der Waals surface area contributed by atoms with Gasteiger partial charge in [0.05, 0.1) is 28.2 Å². The van der Waals surface area contributed by atoms with Gasteiger partial charge in [-0.05, 0) is 19.9 Å². The van der Waals surface area contributed by atoms with Crippen LogP contribution in [0.1, 0.15) is 19.4 Å². The second kappa shape index (κ2) is 6.36. The number of non-ortho nitro benzene ring substituents is 1. The van der Waals surface area contributed by atoms with Crippen LogP contribution < -0.4 is 4.90 Å². The van der Waals surface area contributed by atoms with Crippen molar-refractivity contribution in [3.63, 3.8) is 0 Å². The highest BCUT2D eigenvalue weighted by molar-refractivity contribution is 5.63. The first-order chi connectivity index (χ1) is 9.03. The summed E-state index contributed by atoms with van der Waals surface area (Å²) < 4.78 is 0. The van der Waals surface area contributed by atoms with Crippen molar-refractivity contribution in [2.75, 3.05) is 18.0 Å². The van der Waals surface area contributed by atoms with Crippen LogP contribution in [0, 0.1) is 38.7 Å². The second-order valence-electron chi connectivity index (χ2n) is 4.14. The van der Waals surface area contributed by atoms with E-state index in [1.54, 1.807) is 13.0 Å². The zero-order chi connectivity index (χ0) is 14.4. The van der Waals surface area contributed by atoms with Crippen molar-refractivity contribution in [1.82, 2.24) is 0 Å². The van der Waals surface area contributed by atoms with Crippen molar-refractivity contribution in [3.8, 4) is 12.1 Å². The molecule has 0 amide bonds. The van der Waals surface area contributed by atoms with Crippen LogP contribution in [0.3, 0.4) is 0 Å². The Kier molecular flexibility index (Phi) is 4.84. The van der Waals surface area contributed by atoms with Gasteiger partial charge in [-0.2, -0.15) is 10.5 Å². The minimum absolute atomic E-state index is 0.107. The molecule has 1 atom stereocenters. The van der Waals surface area contributed by atoms with Gasteiger partial charge in [-0.3, -0.25) is 10.1 Å². The first-order valence-corrected chi connectivity index (χ1v) is 5.86. The van der Waals surface area contributed by atoms with Crippen LogP contribution in [0.4, 0.5) is 11.4 Å². The summed E-state index contributed by atoms with van der Waals surface area (Å²) in [7, 11) is 0. The number of hydrogen-bond donors (Lipinski definition) is 0. The average Bonchev–Trinajstić information content (AvgIpc) is 2.43. The molecule has 0 unspecified atom stereocenters. The Balaban J connectivity index is 3.15. The van der Waals surface area contributed by atoms with Gasteiger partial charge in [0.1, 0.15) is 6.07 Å². The lowest BCUT2D eigenvalue weighted by atomic mass is 10.1. The zero-order valence-electron chi connectivity index (χ0n) is 10.8. The number of benzene rings is 1. The van der Waals surface area contributed by atoms with E-state index in [1.165, 1.54) is 12.1 Å². The molecule has 1 aromatic carbocycles. The van der Waals surface area contributed by atoms with Crippen molar-refractivity contribution < 1.29 is 4.92 Å². The minimum atomic E-state index is -0.529. The third-order valence-electron chi connectivity index (χ3n) is 2.75. The molecule has 0 heterocycles. The van der Waals surface area contributed by atoms with Crippen molar-refractivity contribution in [1.29, 1.82) is 10.5 Å².